The van der Waals surface area contributed by atoms with Gasteiger partial charge in [-0.05, 0) is 25.1 Å². The van der Waals surface area contributed by atoms with Gasteiger partial charge in [0.25, 0.3) is 5.91 Å². The van der Waals surface area contributed by atoms with Crippen LogP contribution < -0.4 is 20.7 Å². The number of amides is 3. The average molecular weight is 405 g/mol. The molecule has 0 saturated heterocycles. The summed E-state index contributed by atoms with van der Waals surface area (Å²) >= 11 is 0. The van der Waals surface area contributed by atoms with Crippen molar-refractivity contribution >= 4 is 17.6 Å². The Labute approximate surface area is 164 Å². The molecule has 1 heterocycles. The van der Waals surface area contributed by atoms with Gasteiger partial charge in [0.15, 0.2) is 0 Å². The number of hydrogen-bond acceptors (Lipinski definition) is 3. The van der Waals surface area contributed by atoms with Crippen molar-refractivity contribution in [3.05, 3.63) is 70.9 Å². The van der Waals surface area contributed by atoms with Crippen molar-refractivity contribution in [1.29, 1.82) is 0 Å². The van der Waals surface area contributed by atoms with Gasteiger partial charge < -0.3 is 20.7 Å². The Bertz CT molecular complexity index is 986. The van der Waals surface area contributed by atoms with Gasteiger partial charge in [-0.15, -0.1) is 0 Å². The number of carbonyl (C=O) groups is 2. The number of hydrogen-bond donors (Lipinski definition) is 3. The summed E-state index contributed by atoms with van der Waals surface area (Å²) in [7, 11) is 1.44. The van der Waals surface area contributed by atoms with Crippen molar-refractivity contribution in [3.8, 4) is 5.75 Å². The lowest BCUT2D eigenvalue weighted by Gasteiger charge is -2.29. The third-order valence-electron chi connectivity index (χ3n) is 4.44. The first-order chi connectivity index (χ1) is 13.7. The molecule has 6 nitrogen and oxygen atoms in total. The SMILES string of the molecule is COc1ccccc1[C@@H]1NC(=O)NC(C)=C1C(=O)Nc1ccccc1C(F)(F)F. The van der Waals surface area contributed by atoms with E-state index >= 15 is 0 Å². The molecule has 2 aromatic carbocycles. The molecule has 3 amide bonds. The lowest BCUT2D eigenvalue weighted by atomic mass is 9.94. The molecule has 0 fully saturated rings. The summed E-state index contributed by atoms with van der Waals surface area (Å²) < 4.78 is 45.1. The van der Waals surface area contributed by atoms with E-state index in [-0.39, 0.29) is 17.0 Å². The summed E-state index contributed by atoms with van der Waals surface area (Å²) in [6.07, 6.45) is -4.63. The van der Waals surface area contributed by atoms with Gasteiger partial charge in [0, 0.05) is 11.3 Å². The number of urea groups is 1. The van der Waals surface area contributed by atoms with Gasteiger partial charge in [0.05, 0.1) is 30.0 Å². The third-order valence-corrected chi connectivity index (χ3v) is 4.44. The minimum Gasteiger partial charge on any atom is -0.496 e. The van der Waals surface area contributed by atoms with E-state index in [2.05, 4.69) is 16.0 Å². The number of allylic oxidation sites excluding steroid dienone is 1. The number of carbonyl (C=O) groups excluding carboxylic acids is 2. The summed E-state index contributed by atoms with van der Waals surface area (Å²) in [5, 5.41) is 7.43. The lowest BCUT2D eigenvalue weighted by Crippen LogP contribution is -2.46. The number of halogens is 3. The van der Waals surface area contributed by atoms with E-state index in [1.807, 2.05) is 0 Å². The van der Waals surface area contributed by atoms with Gasteiger partial charge >= 0.3 is 12.2 Å². The van der Waals surface area contributed by atoms with Crippen molar-refractivity contribution in [2.24, 2.45) is 0 Å². The van der Waals surface area contributed by atoms with Crippen molar-refractivity contribution in [2.75, 3.05) is 12.4 Å². The number of nitrogens with one attached hydrogen (secondary N) is 3. The van der Waals surface area contributed by atoms with E-state index < -0.39 is 29.7 Å². The molecule has 0 saturated carbocycles. The van der Waals surface area contributed by atoms with E-state index in [1.54, 1.807) is 24.3 Å². The highest BCUT2D eigenvalue weighted by molar-refractivity contribution is 6.07. The molecule has 0 aromatic heterocycles. The van der Waals surface area contributed by atoms with Gasteiger partial charge in [0.2, 0.25) is 0 Å². The van der Waals surface area contributed by atoms with Crippen molar-refractivity contribution < 1.29 is 27.5 Å². The highest BCUT2D eigenvalue weighted by Gasteiger charge is 2.36. The van der Waals surface area contributed by atoms with E-state index in [0.717, 1.165) is 6.07 Å². The van der Waals surface area contributed by atoms with Gasteiger partial charge in [-0.1, -0.05) is 30.3 Å². The second-order valence-corrected chi connectivity index (χ2v) is 6.31. The van der Waals surface area contributed by atoms with Crippen LogP contribution in [0.3, 0.4) is 0 Å². The Balaban J connectivity index is 2.02. The van der Waals surface area contributed by atoms with Crippen LogP contribution in [-0.4, -0.2) is 19.0 Å². The fraction of sp³-hybridized carbons (Fsp3) is 0.200. The van der Waals surface area contributed by atoms with Crippen LogP contribution in [0, 0.1) is 0 Å². The zero-order valence-corrected chi connectivity index (χ0v) is 15.6. The number of benzene rings is 2. The number of alkyl halides is 3. The molecule has 0 bridgehead atoms. The van der Waals surface area contributed by atoms with Crippen LogP contribution in [0.25, 0.3) is 0 Å². The molecule has 1 atom stereocenters. The van der Waals surface area contributed by atoms with Crippen LogP contribution in [0.15, 0.2) is 59.8 Å². The molecule has 0 aliphatic carbocycles. The quantitative estimate of drug-likeness (QED) is 0.720. The van der Waals surface area contributed by atoms with Crippen LogP contribution in [0.1, 0.15) is 24.1 Å². The van der Waals surface area contributed by atoms with E-state index in [1.165, 1.54) is 32.2 Å². The third kappa shape index (κ3) is 4.18. The molecule has 1 aliphatic rings. The fourth-order valence-corrected chi connectivity index (χ4v) is 3.16. The molecule has 1 aliphatic heterocycles. The minimum absolute atomic E-state index is 0.0751. The normalized spacial score (nSPS) is 16.7. The van der Waals surface area contributed by atoms with Crippen LogP contribution in [-0.2, 0) is 11.0 Å². The number of ether oxygens (including phenoxy) is 1. The molecule has 0 radical (unpaired) electrons. The van der Waals surface area contributed by atoms with Crippen LogP contribution >= 0.6 is 0 Å². The predicted octanol–water partition coefficient (Wildman–Crippen LogP) is 3.98. The standard InChI is InChI=1S/C20H18F3N3O3/c1-11-16(18(27)25-14-9-5-4-8-13(14)20(21,22)23)17(26-19(28)24-11)12-7-3-6-10-15(12)29-2/h3-10,17H,1-2H3,(H,25,27)(H2,24,26,28)/t17-/m0/s1. The van der Waals surface area contributed by atoms with Crippen molar-refractivity contribution in [1.82, 2.24) is 10.6 Å². The summed E-state index contributed by atoms with van der Waals surface area (Å²) in [5.74, 6) is -0.351. The molecule has 0 spiro atoms. The van der Waals surface area contributed by atoms with Crippen molar-refractivity contribution in [2.45, 2.75) is 19.1 Å². The molecule has 152 valence electrons. The fourth-order valence-electron chi connectivity index (χ4n) is 3.16. The maximum Gasteiger partial charge on any atom is 0.418 e. The molecule has 3 rings (SSSR count). The predicted molar refractivity (Wildman–Crippen MR) is 100 cm³/mol. The molecule has 2 aromatic rings. The minimum atomic E-state index is -4.63. The Hall–Kier alpha value is -3.49. The maximum absolute atomic E-state index is 13.3. The van der Waals surface area contributed by atoms with E-state index in [9.17, 15) is 22.8 Å². The first kappa shape index (κ1) is 20.2. The first-order valence-corrected chi connectivity index (χ1v) is 8.61. The molecule has 9 heteroatoms. The topological polar surface area (TPSA) is 79.5 Å². The molecule has 0 unspecified atom stereocenters. The first-order valence-electron chi connectivity index (χ1n) is 8.61. The lowest BCUT2D eigenvalue weighted by molar-refractivity contribution is -0.137. The molecule has 29 heavy (non-hydrogen) atoms. The summed E-state index contributed by atoms with van der Waals surface area (Å²) in [5.41, 5.74) is -0.537. The highest BCUT2D eigenvalue weighted by Crippen LogP contribution is 2.36. The second-order valence-electron chi connectivity index (χ2n) is 6.31. The Kier molecular flexibility index (Phi) is 5.49. The number of rotatable bonds is 4. The van der Waals surface area contributed by atoms with Crippen molar-refractivity contribution in [3.63, 3.8) is 0 Å². The van der Waals surface area contributed by atoms with E-state index in [4.69, 9.17) is 4.74 Å². The van der Waals surface area contributed by atoms with Crippen LogP contribution in [0.5, 0.6) is 5.75 Å². The molecule has 3 N–H and O–H groups in total. The monoisotopic (exact) mass is 405 g/mol. The van der Waals surface area contributed by atoms with Gasteiger partial charge in [0.1, 0.15) is 5.75 Å². The van der Waals surface area contributed by atoms with Gasteiger partial charge in [-0.2, -0.15) is 13.2 Å². The Morgan fingerprint density at radius 3 is 2.45 bits per heavy atom. The number of anilines is 1. The zero-order chi connectivity index (χ0) is 21.2. The zero-order valence-electron chi connectivity index (χ0n) is 15.6. The summed E-state index contributed by atoms with van der Waals surface area (Å²) in [6.45, 7) is 1.51. The Morgan fingerprint density at radius 1 is 1.10 bits per heavy atom. The summed E-state index contributed by atoms with van der Waals surface area (Å²) in [6, 6.07) is 10.00. The van der Waals surface area contributed by atoms with Crippen LogP contribution in [0.4, 0.5) is 23.7 Å². The molecular formula is C20H18F3N3O3. The largest absolute Gasteiger partial charge is 0.496 e. The highest BCUT2D eigenvalue weighted by atomic mass is 19.4. The average Bonchev–Trinajstić information content (AvgIpc) is 2.66. The Morgan fingerprint density at radius 2 is 1.76 bits per heavy atom. The molecular weight excluding hydrogens is 387 g/mol. The van der Waals surface area contributed by atoms with Crippen LogP contribution in [0.2, 0.25) is 0 Å². The van der Waals surface area contributed by atoms with E-state index in [0.29, 0.717) is 11.3 Å². The van der Waals surface area contributed by atoms with Gasteiger partial charge in [-0.3, -0.25) is 4.79 Å². The maximum atomic E-state index is 13.3. The van der Waals surface area contributed by atoms with Gasteiger partial charge in [-0.25, -0.2) is 4.79 Å². The number of methoxy groups -OCH3 is 1. The second kappa shape index (κ2) is 7.86. The number of para-hydroxylation sites is 2. The summed E-state index contributed by atoms with van der Waals surface area (Å²) in [4.78, 5) is 25.0. The smallest absolute Gasteiger partial charge is 0.418 e.